The molecule has 0 amide bonds. The van der Waals surface area contributed by atoms with Gasteiger partial charge in [0, 0.05) is 0 Å². The molecule has 0 aliphatic heterocycles. The number of carbonyl (C=O) groups is 1. The number of hydrogen-bond donors (Lipinski definition) is 0. The molecule has 0 N–H and O–H groups in total. The Morgan fingerprint density at radius 2 is 1.53 bits per heavy atom. The molecular formula is C11H14O3S. The molecule has 82 valence electrons. The first-order valence-corrected chi connectivity index (χ1v) is 6.13. The second kappa shape index (κ2) is 3.77. The fourth-order valence-electron chi connectivity index (χ4n) is 1.20. The maximum atomic E-state index is 11.2. The van der Waals surface area contributed by atoms with Crippen LogP contribution >= 0.6 is 0 Å². The fraction of sp³-hybridized carbons (Fsp3) is 0.364. The second-order valence-electron chi connectivity index (χ2n) is 4.42. The zero-order valence-corrected chi connectivity index (χ0v) is 9.84. The van der Waals surface area contributed by atoms with Crippen LogP contribution < -0.4 is 0 Å². The van der Waals surface area contributed by atoms with Crippen LogP contribution in [-0.2, 0) is 20.0 Å². The zero-order valence-electron chi connectivity index (χ0n) is 9.02. The minimum absolute atomic E-state index is 0.0243. The van der Waals surface area contributed by atoms with Gasteiger partial charge in [-0.15, -0.1) is 0 Å². The third-order valence-electron chi connectivity index (χ3n) is 2.18. The zero-order chi connectivity index (χ0) is 11.7. The molecule has 0 saturated heterocycles. The summed E-state index contributed by atoms with van der Waals surface area (Å²) in [5, 5.41) is 0. The minimum Gasteiger partial charge on any atom is -0.285 e. The molecule has 0 aliphatic carbocycles. The lowest BCUT2D eigenvalue weighted by atomic mass is 9.87. The Morgan fingerprint density at radius 1 is 1.07 bits per heavy atom. The van der Waals surface area contributed by atoms with Crippen molar-refractivity contribution in [3.63, 3.8) is 0 Å². The normalized spacial score (nSPS) is 12.5. The first kappa shape index (κ1) is 11.9. The molecule has 15 heavy (non-hydrogen) atoms. The molecule has 4 heteroatoms. The Hall–Kier alpha value is -1.16. The summed E-state index contributed by atoms with van der Waals surface area (Å²) in [7, 11) is -3.74. The van der Waals surface area contributed by atoms with E-state index in [1.165, 1.54) is 12.1 Å². The topological polar surface area (TPSA) is 51.2 Å². The fourth-order valence-corrected chi connectivity index (χ4v) is 1.83. The maximum Gasteiger partial charge on any atom is 0.238 e. The summed E-state index contributed by atoms with van der Waals surface area (Å²) in [5.74, 6) is 0. The Kier molecular flexibility index (Phi) is 3.00. The highest BCUT2D eigenvalue weighted by molar-refractivity contribution is 8.04. The molecule has 0 saturated carbocycles. The predicted molar refractivity (Wildman–Crippen MR) is 59.1 cm³/mol. The van der Waals surface area contributed by atoms with Crippen LogP contribution in [0, 0.1) is 0 Å². The molecule has 1 aromatic carbocycles. The highest BCUT2D eigenvalue weighted by Crippen LogP contribution is 2.23. The van der Waals surface area contributed by atoms with Gasteiger partial charge in [0.1, 0.15) is 0 Å². The lowest BCUT2D eigenvalue weighted by Gasteiger charge is -2.18. The van der Waals surface area contributed by atoms with E-state index in [9.17, 15) is 13.2 Å². The molecule has 3 nitrogen and oxygen atoms in total. The SMILES string of the molecule is CC(C)(C)c1ccc(S(=O)(=O)C=O)cc1. The van der Waals surface area contributed by atoms with Crippen LogP contribution in [0.4, 0.5) is 0 Å². The average molecular weight is 226 g/mol. The first-order valence-electron chi connectivity index (χ1n) is 4.58. The van der Waals surface area contributed by atoms with Gasteiger partial charge >= 0.3 is 0 Å². The van der Waals surface area contributed by atoms with Crippen LogP contribution in [-0.4, -0.2) is 14.0 Å². The Morgan fingerprint density at radius 3 is 1.87 bits per heavy atom. The first-order chi connectivity index (χ1) is 6.77. The molecule has 0 fully saturated rings. The lowest BCUT2D eigenvalue weighted by molar-refractivity contribution is 0.556. The molecule has 0 atom stereocenters. The van der Waals surface area contributed by atoms with Crippen LogP contribution in [0.3, 0.4) is 0 Å². The number of carbonyl (C=O) groups excluding carboxylic acids is 1. The van der Waals surface area contributed by atoms with Gasteiger partial charge in [0.2, 0.25) is 15.5 Å². The number of sulfone groups is 1. The smallest absolute Gasteiger partial charge is 0.238 e. The average Bonchev–Trinajstić information content (AvgIpc) is 2.17. The van der Waals surface area contributed by atoms with Crippen LogP contribution in [0.2, 0.25) is 0 Å². The predicted octanol–water partition coefficient (Wildman–Crippen LogP) is 1.95. The molecule has 0 heterocycles. The van der Waals surface area contributed by atoms with Crippen molar-refractivity contribution in [3.8, 4) is 0 Å². The summed E-state index contributed by atoms with van der Waals surface area (Å²) in [6, 6.07) is 6.39. The quantitative estimate of drug-likeness (QED) is 0.724. The van der Waals surface area contributed by atoms with Crippen molar-refractivity contribution in [1.82, 2.24) is 0 Å². The van der Waals surface area contributed by atoms with Gasteiger partial charge in [-0.05, 0) is 23.1 Å². The molecule has 1 rings (SSSR count). The summed E-state index contributed by atoms with van der Waals surface area (Å²) in [4.78, 5) is 10.4. The monoisotopic (exact) mass is 226 g/mol. The van der Waals surface area contributed by atoms with Crippen LogP contribution in [0.15, 0.2) is 29.2 Å². The van der Waals surface area contributed by atoms with Crippen LogP contribution in [0.5, 0.6) is 0 Å². The largest absolute Gasteiger partial charge is 0.285 e. The van der Waals surface area contributed by atoms with Crippen LogP contribution in [0.1, 0.15) is 26.3 Å². The molecule has 1 aromatic rings. The molecule has 0 aromatic heterocycles. The Bertz CT molecular complexity index is 450. The van der Waals surface area contributed by atoms with E-state index in [0.29, 0.717) is 0 Å². The summed E-state index contributed by atoms with van der Waals surface area (Å²) >= 11 is 0. The van der Waals surface area contributed by atoms with E-state index in [0.717, 1.165) is 5.56 Å². The van der Waals surface area contributed by atoms with Gasteiger partial charge in [-0.25, -0.2) is 8.42 Å². The molecule has 0 bridgehead atoms. The Labute approximate surface area is 90.0 Å². The van der Waals surface area contributed by atoms with Gasteiger partial charge in [-0.3, -0.25) is 4.79 Å². The van der Waals surface area contributed by atoms with E-state index in [2.05, 4.69) is 0 Å². The van der Waals surface area contributed by atoms with Gasteiger partial charge < -0.3 is 0 Å². The highest BCUT2D eigenvalue weighted by atomic mass is 32.2. The van der Waals surface area contributed by atoms with E-state index < -0.39 is 9.84 Å². The van der Waals surface area contributed by atoms with E-state index in [1.807, 2.05) is 20.8 Å². The standard InChI is InChI=1S/C11H14O3S/c1-11(2,3)9-4-6-10(7-5-9)15(13,14)8-12/h4-8H,1-3H3. The highest BCUT2D eigenvalue weighted by Gasteiger charge is 2.16. The van der Waals surface area contributed by atoms with Gasteiger partial charge in [0.25, 0.3) is 0 Å². The molecule has 0 spiro atoms. The number of benzene rings is 1. The van der Waals surface area contributed by atoms with Crippen molar-refractivity contribution in [2.24, 2.45) is 0 Å². The van der Waals surface area contributed by atoms with E-state index in [4.69, 9.17) is 0 Å². The summed E-state index contributed by atoms with van der Waals surface area (Å²) in [6.45, 7) is 6.11. The van der Waals surface area contributed by atoms with Gasteiger partial charge in [-0.2, -0.15) is 0 Å². The third kappa shape index (κ3) is 2.65. The Balaban J connectivity index is 3.17. The maximum absolute atomic E-state index is 11.2. The minimum atomic E-state index is -3.74. The summed E-state index contributed by atoms with van der Waals surface area (Å²) < 4.78 is 22.4. The molecule has 0 unspecified atom stereocenters. The van der Waals surface area contributed by atoms with Gasteiger partial charge in [0.15, 0.2) is 0 Å². The van der Waals surface area contributed by atoms with Gasteiger partial charge in [0.05, 0.1) is 4.90 Å². The van der Waals surface area contributed by atoms with Crippen molar-refractivity contribution in [3.05, 3.63) is 29.8 Å². The third-order valence-corrected chi connectivity index (χ3v) is 3.36. The number of hydrogen-bond acceptors (Lipinski definition) is 3. The van der Waals surface area contributed by atoms with E-state index in [1.54, 1.807) is 12.1 Å². The van der Waals surface area contributed by atoms with Crippen molar-refractivity contribution in [2.45, 2.75) is 31.1 Å². The number of rotatable bonds is 2. The van der Waals surface area contributed by atoms with Gasteiger partial charge in [-0.1, -0.05) is 32.9 Å². The van der Waals surface area contributed by atoms with Crippen molar-refractivity contribution in [1.29, 1.82) is 0 Å². The van der Waals surface area contributed by atoms with E-state index in [-0.39, 0.29) is 15.9 Å². The summed E-state index contributed by atoms with van der Waals surface area (Å²) in [5.41, 5.74) is 0.982. The lowest BCUT2D eigenvalue weighted by Crippen LogP contribution is -2.11. The van der Waals surface area contributed by atoms with Crippen molar-refractivity contribution in [2.75, 3.05) is 0 Å². The van der Waals surface area contributed by atoms with E-state index >= 15 is 0 Å². The van der Waals surface area contributed by atoms with Crippen molar-refractivity contribution < 1.29 is 13.2 Å². The second-order valence-corrected chi connectivity index (χ2v) is 6.17. The molecular weight excluding hydrogens is 212 g/mol. The van der Waals surface area contributed by atoms with Crippen LogP contribution in [0.25, 0.3) is 0 Å². The summed E-state index contributed by atoms with van der Waals surface area (Å²) in [6.07, 6.45) is 0. The van der Waals surface area contributed by atoms with Crippen molar-refractivity contribution >= 4 is 15.5 Å². The molecule has 0 aliphatic rings. The molecule has 0 radical (unpaired) electrons.